The Morgan fingerprint density at radius 2 is 2.11 bits per heavy atom. The van der Waals surface area contributed by atoms with Gasteiger partial charge in [-0.1, -0.05) is 0 Å². The zero-order valence-corrected chi connectivity index (χ0v) is 11.0. The largest absolute Gasteiger partial charge is 0.497 e. The van der Waals surface area contributed by atoms with E-state index in [1.165, 1.54) is 0 Å². The van der Waals surface area contributed by atoms with Crippen LogP contribution in [0.15, 0.2) is 30.5 Å². The molecule has 0 saturated carbocycles. The fourth-order valence-corrected chi connectivity index (χ4v) is 1.94. The molecule has 0 spiro atoms. The van der Waals surface area contributed by atoms with Crippen LogP contribution in [0.2, 0.25) is 0 Å². The number of amides is 1. The fraction of sp³-hybridized carbons (Fsp3) is 0.357. The lowest BCUT2D eigenvalue weighted by molar-refractivity contribution is -0.128. The zero-order chi connectivity index (χ0) is 13.1. The van der Waals surface area contributed by atoms with E-state index in [1.54, 1.807) is 26.1 Å². The van der Waals surface area contributed by atoms with Gasteiger partial charge in [0, 0.05) is 44.2 Å². The first kappa shape index (κ1) is 12.5. The van der Waals surface area contributed by atoms with E-state index >= 15 is 0 Å². The molecule has 1 aromatic carbocycles. The molecular formula is C14H18N2O2. The van der Waals surface area contributed by atoms with Crippen molar-refractivity contribution in [2.75, 3.05) is 21.2 Å². The van der Waals surface area contributed by atoms with Gasteiger partial charge in [-0.2, -0.15) is 0 Å². The number of hydrogen-bond acceptors (Lipinski definition) is 2. The van der Waals surface area contributed by atoms with Crippen LogP contribution in [-0.2, 0) is 11.3 Å². The molecule has 0 bridgehead atoms. The summed E-state index contributed by atoms with van der Waals surface area (Å²) in [6.07, 6.45) is 2.52. The van der Waals surface area contributed by atoms with Crippen molar-refractivity contribution in [1.82, 2.24) is 9.47 Å². The van der Waals surface area contributed by atoms with E-state index in [1.807, 2.05) is 30.5 Å². The quantitative estimate of drug-likeness (QED) is 0.828. The molecule has 0 fully saturated rings. The number of methoxy groups -OCH3 is 1. The number of ether oxygens (including phenoxy) is 1. The number of nitrogens with zero attached hydrogens (tertiary/aromatic N) is 2. The first-order valence-corrected chi connectivity index (χ1v) is 5.95. The van der Waals surface area contributed by atoms with Gasteiger partial charge in [-0.3, -0.25) is 4.79 Å². The summed E-state index contributed by atoms with van der Waals surface area (Å²) in [4.78, 5) is 13.2. The predicted molar refractivity (Wildman–Crippen MR) is 71.8 cm³/mol. The maximum Gasteiger partial charge on any atom is 0.223 e. The van der Waals surface area contributed by atoms with Crippen molar-refractivity contribution in [3.05, 3.63) is 30.5 Å². The van der Waals surface area contributed by atoms with Crippen LogP contribution >= 0.6 is 0 Å². The van der Waals surface area contributed by atoms with Crippen LogP contribution in [0.3, 0.4) is 0 Å². The number of aromatic nitrogens is 1. The van der Waals surface area contributed by atoms with Crippen LogP contribution in [0, 0.1) is 0 Å². The second-order valence-electron chi connectivity index (χ2n) is 4.47. The number of carbonyl (C=O) groups excluding carboxylic acids is 1. The molecule has 0 aliphatic rings. The maximum atomic E-state index is 11.6. The highest BCUT2D eigenvalue weighted by atomic mass is 16.5. The summed E-state index contributed by atoms with van der Waals surface area (Å²) in [5.74, 6) is 0.995. The molecule has 4 nitrogen and oxygen atoms in total. The highest BCUT2D eigenvalue weighted by Gasteiger charge is 2.06. The SMILES string of the molecule is COc1ccc2c(ccn2CCC(=O)N(C)C)c1. The highest BCUT2D eigenvalue weighted by Crippen LogP contribution is 2.21. The monoisotopic (exact) mass is 246 g/mol. The van der Waals surface area contributed by atoms with Gasteiger partial charge in [0.1, 0.15) is 5.75 Å². The molecule has 1 aromatic heterocycles. The maximum absolute atomic E-state index is 11.6. The fourth-order valence-electron chi connectivity index (χ4n) is 1.94. The lowest BCUT2D eigenvalue weighted by Crippen LogP contribution is -2.22. The molecule has 0 aliphatic heterocycles. The molecule has 4 heteroatoms. The van der Waals surface area contributed by atoms with Crippen molar-refractivity contribution in [1.29, 1.82) is 0 Å². The Hall–Kier alpha value is -1.97. The van der Waals surface area contributed by atoms with E-state index in [0.29, 0.717) is 13.0 Å². The van der Waals surface area contributed by atoms with Crippen LogP contribution in [0.5, 0.6) is 5.75 Å². The Bertz CT molecular complexity index is 558. The Morgan fingerprint density at radius 3 is 2.78 bits per heavy atom. The van der Waals surface area contributed by atoms with Crippen molar-refractivity contribution >= 4 is 16.8 Å². The van der Waals surface area contributed by atoms with E-state index in [9.17, 15) is 4.79 Å². The average Bonchev–Trinajstić information content (AvgIpc) is 2.77. The number of hydrogen-bond donors (Lipinski definition) is 0. The molecule has 0 unspecified atom stereocenters. The first-order chi connectivity index (χ1) is 8.61. The minimum atomic E-state index is 0.144. The third-order valence-electron chi connectivity index (χ3n) is 3.04. The molecule has 2 rings (SSSR count). The molecule has 2 aromatic rings. The van der Waals surface area contributed by atoms with Crippen LogP contribution in [0.25, 0.3) is 10.9 Å². The normalized spacial score (nSPS) is 10.6. The van der Waals surface area contributed by atoms with Crippen LogP contribution in [-0.4, -0.2) is 36.6 Å². The summed E-state index contributed by atoms with van der Waals surface area (Å²) in [6, 6.07) is 8.00. The molecule has 0 radical (unpaired) electrons. The van der Waals surface area contributed by atoms with E-state index < -0.39 is 0 Å². The second-order valence-corrected chi connectivity index (χ2v) is 4.47. The average molecular weight is 246 g/mol. The number of aryl methyl sites for hydroxylation is 1. The molecule has 0 aliphatic carbocycles. The summed E-state index contributed by atoms with van der Waals surface area (Å²) < 4.78 is 7.28. The van der Waals surface area contributed by atoms with Crippen LogP contribution in [0.1, 0.15) is 6.42 Å². The van der Waals surface area contributed by atoms with Crippen LogP contribution in [0.4, 0.5) is 0 Å². The zero-order valence-electron chi connectivity index (χ0n) is 11.0. The van der Waals surface area contributed by atoms with Gasteiger partial charge in [0.05, 0.1) is 7.11 Å². The Labute approximate surface area is 107 Å². The Kier molecular flexibility index (Phi) is 3.55. The third-order valence-corrected chi connectivity index (χ3v) is 3.04. The summed E-state index contributed by atoms with van der Waals surface area (Å²) in [6.45, 7) is 0.701. The molecular weight excluding hydrogens is 228 g/mol. The Balaban J connectivity index is 2.17. The lowest BCUT2D eigenvalue weighted by atomic mass is 10.2. The number of fused-ring (bicyclic) bond motifs is 1. The second kappa shape index (κ2) is 5.12. The first-order valence-electron chi connectivity index (χ1n) is 5.95. The smallest absolute Gasteiger partial charge is 0.223 e. The van der Waals surface area contributed by atoms with Crippen LogP contribution < -0.4 is 4.74 Å². The van der Waals surface area contributed by atoms with Gasteiger partial charge in [-0.15, -0.1) is 0 Å². The molecule has 0 saturated heterocycles. The molecule has 18 heavy (non-hydrogen) atoms. The summed E-state index contributed by atoms with van der Waals surface area (Å²) >= 11 is 0. The molecule has 0 atom stereocenters. The van der Waals surface area contributed by atoms with Gasteiger partial charge in [0.2, 0.25) is 5.91 Å². The molecule has 96 valence electrons. The van der Waals surface area contributed by atoms with Crippen molar-refractivity contribution in [2.24, 2.45) is 0 Å². The summed E-state index contributed by atoms with van der Waals surface area (Å²) in [5.41, 5.74) is 1.13. The van der Waals surface area contributed by atoms with Crippen molar-refractivity contribution in [3.8, 4) is 5.75 Å². The molecule has 1 heterocycles. The van der Waals surface area contributed by atoms with Gasteiger partial charge >= 0.3 is 0 Å². The van der Waals surface area contributed by atoms with Crippen molar-refractivity contribution in [2.45, 2.75) is 13.0 Å². The lowest BCUT2D eigenvalue weighted by Gasteiger charge is -2.11. The van der Waals surface area contributed by atoms with Crippen molar-refractivity contribution < 1.29 is 9.53 Å². The third kappa shape index (κ3) is 2.47. The van der Waals surface area contributed by atoms with Gasteiger partial charge < -0.3 is 14.2 Å². The number of benzene rings is 1. The van der Waals surface area contributed by atoms with E-state index in [4.69, 9.17) is 4.74 Å². The minimum absolute atomic E-state index is 0.144. The Morgan fingerprint density at radius 1 is 1.33 bits per heavy atom. The number of rotatable bonds is 4. The molecule has 1 amide bonds. The highest BCUT2D eigenvalue weighted by molar-refractivity contribution is 5.82. The van der Waals surface area contributed by atoms with E-state index in [2.05, 4.69) is 4.57 Å². The van der Waals surface area contributed by atoms with Crippen molar-refractivity contribution in [3.63, 3.8) is 0 Å². The number of carbonyl (C=O) groups is 1. The van der Waals surface area contributed by atoms with Gasteiger partial charge in [0.25, 0.3) is 0 Å². The van der Waals surface area contributed by atoms with Gasteiger partial charge in [0.15, 0.2) is 0 Å². The standard InChI is InChI=1S/C14H18N2O2/c1-15(2)14(17)7-9-16-8-6-11-10-12(18-3)4-5-13(11)16/h4-6,8,10H,7,9H2,1-3H3. The minimum Gasteiger partial charge on any atom is -0.497 e. The van der Waals surface area contributed by atoms with E-state index in [0.717, 1.165) is 16.7 Å². The topological polar surface area (TPSA) is 34.5 Å². The van der Waals surface area contributed by atoms with Gasteiger partial charge in [-0.05, 0) is 24.3 Å². The summed E-state index contributed by atoms with van der Waals surface area (Å²) in [5, 5.41) is 1.13. The molecule has 0 N–H and O–H groups in total. The van der Waals surface area contributed by atoms with Gasteiger partial charge in [-0.25, -0.2) is 0 Å². The summed E-state index contributed by atoms with van der Waals surface area (Å²) in [7, 11) is 5.22. The predicted octanol–water partition coefficient (Wildman–Crippen LogP) is 2.13. The van der Waals surface area contributed by atoms with E-state index in [-0.39, 0.29) is 5.91 Å².